The standard InChI is InChI=1S/C16H14N2O3.C13H14N2O.C13H13NO2.C12H10O.C7H12O4/c1-10-7-12-15(13(19)8-14(20)17-12)16(21)18(10)9-11-5-3-2-4-6-11;1-10-7-12(14)8-13(16)15(10)9-11-5-3-2-4-6-11;1-10-7-12(15)8-13(16)14(10)9-11-5-3-2-4-6-11;1-3-7-11(8-4-1)13-12-9-5-2-6-10-12;1-3-10-6(8)5-7(9)11-4-2/h2-8H,9H2,1H3,(H2,17,19,20);2-8H,9,14H2,1H3;2-8,15H,9H2,1H3;1-10H;3-5H2,1-2H3. The van der Waals surface area contributed by atoms with Crippen LogP contribution >= 0.6 is 0 Å². The number of aromatic hydroxyl groups is 2. The summed E-state index contributed by atoms with van der Waals surface area (Å²) in [6.45, 7) is 11.0. The molecule has 77 heavy (non-hydrogen) atoms. The Hall–Kier alpha value is -9.70. The number of carbonyl (C=O) groups excluding carboxylic acids is 2. The third-order valence-electron chi connectivity index (χ3n) is 11.1. The smallest absolute Gasteiger partial charge is 0.317 e. The zero-order chi connectivity index (χ0) is 55.7. The molecule has 0 fully saturated rings. The zero-order valence-electron chi connectivity index (χ0n) is 43.6. The van der Waals surface area contributed by atoms with E-state index in [9.17, 15) is 39.0 Å². The molecule has 9 aromatic rings. The summed E-state index contributed by atoms with van der Waals surface area (Å²) in [5.74, 6) is 0.395. The summed E-state index contributed by atoms with van der Waals surface area (Å²) in [7, 11) is 0. The van der Waals surface area contributed by atoms with Gasteiger partial charge >= 0.3 is 11.9 Å². The van der Waals surface area contributed by atoms with Gasteiger partial charge in [-0.25, -0.2) is 0 Å². The SMILES string of the molecule is CCOC(=O)CC(=O)OCC.Cc1cc(N)cc(=O)n1Cc1ccccc1.Cc1cc(O)cc(=O)n1Cc1ccccc1.Cc1cc2[nH]c(=O)cc(O)c2c(=O)n1Cc1ccccc1.c1ccc(Oc2ccccc2)cc1. The van der Waals surface area contributed by atoms with Gasteiger partial charge in [-0.15, -0.1) is 0 Å². The molecule has 9 rings (SSSR count). The fraction of sp³-hybridized carbons (Fsp3) is 0.180. The van der Waals surface area contributed by atoms with Gasteiger partial charge in [-0.1, -0.05) is 127 Å². The number of carbonyl (C=O) groups is 2. The molecule has 5 N–H and O–H groups in total. The summed E-state index contributed by atoms with van der Waals surface area (Å²) < 4.78 is 19.5. The van der Waals surface area contributed by atoms with Crippen molar-refractivity contribution >= 4 is 28.5 Å². The predicted molar refractivity (Wildman–Crippen MR) is 300 cm³/mol. The number of fused-ring (bicyclic) bond motifs is 1. The second kappa shape index (κ2) is 29.9. The first-order valence-electron chi connectivity index (χ1n) is 24.6. The lowest BCUT2D eigenvalue weighted by Gasteiger charge is -2.12. The van der Waals surface area contributed by atoms with Crippen LogP contribution in [0.3, 0.4) is 0 Å². The molecule has 0 atom stereocenters. The highest BCUT2D eigenvalue weighted by Gasteiger charge is 2.13. The maximum Gasteiger partial charge on any atom is 0.317 e. The number of esters is 2. The van der Waals surface area contributed by atoms with Crippen LogP contribution in [0.4, 0.5) is 5.69 Å². The minimum Gasteiger partial charge on any atom is -0.508 e. The molecule has 16 nitrogen and oxygen atoms in total. The number of aromatic amines is 1. The fourth-order valence-electron chi connectivity index (χ4n) is 7.50. The van der Waals surface area contributed by atoms with Crippen LogP contribution in [0, 0.1) is 20.8 Å². The number of nitrogens with two attached hydrogens (primary N) is 1. The van der Waals surface area contributed by atoms with E-state index in [4.69, 9.17) is 10.5 Å². The van der Waals surface area contributed by atoms with Gasteiger partial charge in [-0.05, 0) is 93.8 Å². The van der Waals surface area contributed by atoms with Crippen LogP contribution in [0.2, 0.25) is 0 Å². The summed E-state index contributed by atoms with van der Waals surface area (Å²) in [5, 5.41) is 19.3. The van der Waals surface area contributed by atoms with Gasteiger partial charge in [-0.2, -0.15) is 0 Å². The van der Waals surface area contributed by atoms with Gasteiger partial charge in [0.25, 0.3) is 22.2 Å². The second-order valence-electron chi connectivity index (χ2n) is 17.1. The number of ether oxygens (including phenoxy) is 3. The third-order valence-corrected chi connectivity index (χ3v) is 11.1. The van der Waals surface area contributed by atoms with Crippen molar-refractivity contribution in [2.45, 2.75) is 60.7 Å². The van der Waals surface area contributed by atoms with Crippen LogP contribution in [-0.4, -0.2) is 54.1 Å². The second-order valence-corrected chi connectivity index (χ2v) is 17.1. The molecule has 0 spiro atoms. The molecule has 0 radical (unpaired) electrons. The highest BCUT2D eigenvalue weighted by Crippen LogP contribution is 2.20. The van der Waals surface area contributed by atoms with Crippen molar-refractivity contribution in [1.29, 1.82) is 0 Å². The molecule has 4 aromatic heterocycles. The van der Waals surface area contributed by atoms with Gasteiger partial charge in [0.05, 0.1) is 38.4 Å². The van der Waals surface area contributed by atoms with Crippen LogP contribution in [0.1, 0.15) is 54.0 Å². The van der Waals surface area contributed by atoms with Crippen LogP contribution in [0.5, 0.6) is 23.0 Å². The number of benzene rings is 5. The van der Waals surface area contributed by atoms with Crippen molar-refractivity contribution in [3.8, 4) is 23.0 Å². The van der Waals surface area contributed by atoms with Gasteiger partial charge in [0.2, 0.25) is 0 Å². The van der Waals surface area contributed by atoms with E-state index >= 15 is 0 Å². The molecule has 0 amide bonds. The van der Waals surface area contributed by atoms with E-state index in [2.05, 4.69) is 14.5 Å². The molecule has 0 aliphatic heterocycles. The predicted octanol–water partition coefficient (Wildman–Crippen LogP) is 9.43. The molecule has 5 aromatic carbocycles. The number of nitrogen functional groups attached to an aromatic ring is 1. The van der Waals surface area contributed by atoms with Crippen molar-refractivity contribution in [2.75, 3.05) is 18.9 Å². The number of nitrogens with one attached hydrogen (secondary N) is 1. The van der Waals surface area contributed by atoms with Gasteiger partial charge in [-0.3, -0.25) is 28.8 Å². The van der Waals surface area contributed by atoms with Crippen molar-refractivity contribution in [3.63, 3.8) is 0 Å². The van der Waals surface area contributed by atoms with E-state index < -0.39 is 17.5 Å². The first-order valence-corrected chi connectivity index (χ1v) is 24.6. The monoisotopic (exact) mass is 1040 g/mol. The quantitative estimate of drug-likeness (QED) is 0.0663. The van der Waals surface area contributed by atoms with Crippen molar-refractivity contribution in [2.24, 2.45) is 0 Å². The number of pyridine rings is 4. The average molecular weight is 1040 g/mol. The lowest BCUT2D eigenvalue weighted by molar-refractivity contribution is -0.153. The van der Waals surface area contributed by atoms with Crippen LogP contribution in [0.15, 0.2) is 207 Å². The summed E-state index contributed by atoms with van der Waals surface area (Å²) >= 11 is 0. The Labute approximate surface area is 445 Å². The number of hydrogen-bond acceptors (Lipinski definition) is 12. The number of para-hydroxylation sites is 2. The molecule has 0 saturated carbocycles. The lowest BCUT2D eigenvalue weighted by Crippen LogP contribution is -2.24. The van der Waals surface area contributed by atoms with Gasteiger partial charge < -0.3 is 48.8 Å². The van der Waals surface area contributed by atoms with E-state index in [0.717, 1.165) is 51.3 Å². The number of nitrogens with zero attached hydrogens (tertiary/aromatic N) is 3. The maximum absolute atomic E-state index is 12.6. The van der Waals surface area contributed by atoms with Gasteiger partial charge in [0.15, 0.2) is 0 Å². The van der Waals surface area contributed by atoms with E-state index in [1.807, 2.05) is 172 Å². The maximum atomic E-state index is 12.6. The van der Waals surface area contributed by atoms with Crippen LogP contribution in [-0.2, 0) is 38.7 Å². The first-order chi connectivity index (χ1) is 37.0. The molecule has 0 saturated heterocycles. The average Bonchev–Trinajstić information content (AvgIpc) is 3.40. The third kappa shape index (κ3) is 18.9. The highest BCUT2D eigenvalue weighted by molar-refractivity contribution is 5.91. The Kier molecular flexibility index (Phi) is 22.6. The highest BCUT2D eigenvalue weighted by atomic mass is 16.6. The van der Waals surface area contributed by atoms with E-state index in [1.54, 1.807) is 46.6 Å². The van der Waals surface area contributed by atoms with Gasteiger partial charge in [0.1, 0.15) is 34.8 Å². The largest absolute Gasteiger partial charge is 0.508 e. The molecule has 4 heterocycles. The summed E-state index contributed by atoms with van der Waals surface area (Å²) in [6.07, 6.45) is -0.290. The minimum absolute atomic E-state index is 0.0202. The van der Waals surface area contributed by atoms with E-state index in [1.165, 1.54) is 12.1 Å². The van der Waals surface area contributed by atoms with Crippen LogP contribution in [0.25, 0.3) is 10.9 Å². The van der Waals surface area contributed by atoms with Crippen molar-refractivity contribution in [3.05, 3.63) is 263 Å². The lowest BCUT2D eigenvalue weighted by atomic mass is 10.2. The summed E-state index contributed by atoms with van der Waals surface area (Å²) in [4.78, 5) is 71.1. The summed E-state index contributed by atoms with van der Waals surface area (Å²) in [5.41, 5.74) is 11.0. The Morgan fingerprint density at radius 1 is 0.506 bits per heavy atom. The Bertz CT molecular complexity index is 3390. The van der Waals surface area contributed by atoms with E-state index in [-0.39, 0.29) is 53.2 Å². The molecular formula is C61H63N5O11. The number of aromatic nitrogens is 4. The number of rotatable bonds is 12. The fourth-order valence-corrected chi connectivity index (χ4v) is 7.50. The molecular weight excluding hydrogens is 979 g/mol. The summed E-state index contributed by atoms with van der Waals surface area (Å²) in [6, 6.07) is 57.6. The molecule has 0 aliphatic carbocycles. The number of H-pyrrole nitrogens is 1. The topological polar surface area (TPSA) is 227 Å². The molecule has 0 aliphatic rings. The van der Waals surface area contributed by atoms with E-state index in [0.29, 0.717) is 30.8 Å². The molecule has 0 unspecified atom stereocenters. The normalized spacial score (nSPS) is 10.1. The first kappa shape index (κ1) is 58.2. The Balaban J connectivity index is 0.000000181. The zero-order valence-corrected chi connectivity index (χ0v) is 43.6. The molecule has 398 valence electrons. The molecule has 0 bridgehead atoms. The Morgan fingerprint density at radius 2 is 0.896 bits per heavy atom. The van der Waals surface area contributed by atoms with Crippen molar-refractivity contribution < 1.29 is 34.0 Å². The minimum atomic E-state index is -0.536. The van der Waals surface area contributed by atoms with Crippen LogP contribution < -0.4 is 32.7 Å². The number of anilines is 1. The van der Waals surface area contributed by atoms with Crippen molar-refractivity contribution in [1.82, 2.24) is 18.7 Å². The molecule has 16 heteroatoms. The number of aryl methyl sites for hydroxylation is 3. The Morgan fingerprint density at radius 3 is 1.31 bits per heavy atom. The van der Waals surface area contributed by atoms with Gasteiger partial charge in [0, 0.05) is 41.0 Å². The number of hydrogen-bond donors (Lipinski definition) is 4.